The normalized spacial score (nSPS) is 15.0. The van der Waals surface area contributed by atoms with Crippen LogP contribution in [0.15, 0.2) is 28.7 Å². The number of ether oxygens (including phenoxy) is 2. The Morgan fingerprint density at radius 2 is 2.04 bits per heavy atom. The highest BCUT2D eigenvalue weighted by Crippen LogP contribution is 2.19. The maximum absolute atomic E-state index is 9.27. The summed E-state index contributed by atoms with van der Waals surface area (Å²) in [5.74, 6) is 1.65. The van der Waals surface area contributed by atoms with Gasteiger partial charge in [-0.3, -0.25) is 4.90 Å². The Kier molecular flexibility index (Phi) is 6.85. The molecule has 1 N–H and O–H groups in total. The van der Waals surface area contributed by atoms with E-state index in [0.717, 1.165) is 44.2 Å². The molecule has 27 heavy (non-hydrogen) atoms. The van der Waals surface area contributed by atoms with Crippen molar-refractivity contribution in [3.05, 3.63) is 41.4 Å². The van der Waals surface area contributed by atoms with Gasteiger partial charge >= 0.3 is 0 Å². The van der Waals surface area contributed by atoms with Crippen LogP contribution in [0.3, 0.4) is 0 Å². The number of aromatic nitrogens is 1. The number of oxazole rings is 1. The van der Waals surface area contributed by atoms with E-state index in [9.17, 15) is 5.26 Å². The van der Waals surface area contributed by atoms with Gasteiger partial charge < -0.3 is 19.2 Å². The highest BCUT2D eigenvalue weighted by Gasteiger charge is 2.13. The molecule has 1 aromatic heterocycles. The highest BCUT2D eigenvalue weighted by atomic mass is 16.5. The molecule has 3 rings (SSSR count). The monoisotopic (exact) mass is 368 g/mol. The number of nitrogens with zero attached hydrogens (tertiary/aromatic N) is 3. The van der Waals surface area contributed by atoms with Gasteiger partial charge in [-0.2, -0.15) is 10.2 Å². The van der Waals surface area contributed by atoms with Crippen molar-refractivity contribution in [3.63, 3.8) is 0 Å². The molecular weight excluding hydrogens is 344 g/mol. The molecule has 1 aliphatic rings. The van der Waals surface area contributed by atoms with E-state index in [-0.39, 0.29) is 5.69 Å². The minimum absolute atomic E-state index is 0.267. The van der Waals surface area contributed by atoms with Crippen LogP contribution in [-0.2, 0) is 4.74 Å². The van der Waals surface area contributed by atoms with E-state index in [4.69, 9.17) is 13.9 Å². The molecule has 1 saturated heterocycles. The van der Waals surface area contributed by atoms with Gasteiger partial charge in [0.2, 0.25) is 17.5 Å². The van der Waals surface area contributed by atoms with Crippen LogP contribution < -0.4 is 10.1 Å². The minimum atomic E-state index is 0.267. The Hall–Kier alpha value is -2.82. The summed E-state index contributed by atoms with van der Waals surface area (Å²) >= 11 is 0. The SMILES string of the molecule is CCOc1ccc(C=Cc2nc(C#N)c(NCCN3CCOCC3)o2)cc1. The van der Waals surface area contributed by atoms with Crippen LogP contribution in [0.1, 0.15) is 24.1 Å². The quantitative estimate of drug-likeness (QED) is 0.767. The lowest BCUT2D eigenvalue weighted by atomic mass is 10.2. The van der Waals surface area contributed by atoms with E-state index < -0.39 is 0 Å². The molecule has 0 spiro atoms. The third kappa shape index (κ3) is 5.58. The average molecular weight is 368 g/mol. The third-order valence-corrected chi connectivity index (χ3v) is 4.18. The minimum Gasteiger partial charge on any atom is -0.494 e. The fourth-order valence-corrected chi connectivity index (χ4v) is 2.77. The largest absolute Gasteiger partial charge is 0.494 e. The molecule has 0 saturated carbocycles. The van der Waals surface area contributed by atoms with Gasteiger partial charge in [-0.25, -0.2) is 0 Å². The molecule has 7 heteroatoms. The number of rotatable bonds is 8. The molecule has 0 atom stereocenters. The van der Waals surface area contributed by atoms with E-state index >= 15 is 0 Å². The Morgan fingerprint density at radius 1 is 1.26 bits per heavy atom. The Balaban J connectivity index is 1.57. The van der Waals surface area contributed by atoms with Gasteiger partial charge in [0.15, 0.2) is 0 Å². The van der Waals surface area contributed by atoms with Crippen molar-refractivity contribution in [2.24, 2.45) is 0 Å². The zero-order chi connectivity index (χ0) is 18.9. The van der Waals surface area contributed by atoms with Crippen LogP contribution in [0.5, 0.6) is 5.75 Å². The molecule has 0 aliphatic carbocycles. The first-order chi connectivity index (χ1) is 13.3. The number of hydrogen-bond acceptors (Lipinski definition) is 7. The maximum atomic E-state index is 9.27. The number of hydrogen-bond donors (Lipinski definition) is 1. The summed E-state index contributed by atoms with van der Waals surface area (Å²) in [6.45, 7) is 7.55. The molecule has 0 amide bonds. The van der Waals surface area contributed by atoms with E-state index in [0.29, 0.717) is 24.9 Å². The maximum Gasteiger partial charge on any atom is 0.232 e. The summed E-state index contributed by atoms with van der Waals surface area (Å²) in [5.41, 5.74) is 1.26. The van der Waals surface area contributed by atoms with Crippen molar-refractivity contribution in [3.8, 4) is 11.8 Å². The van der Waals surface area contributed by atoms with Gasteiger partial charge in [0.1, 0.15) is 11.8 Å². The summed E-state index contributed by atoms with van der Waals surface area (Å²) in [4.78, 5) is 6.53. The molecule has 7 nitrogen and oxygen atoms in total. The Labute approximate surface area is 159 Å². The molecule has 2 aromatic rings. The molecule has 0 bridgehead atoms. The van der Waals surface area contributed by atoms with E-state index in [2.05, 4.69) is 21.3 Å². The first kappa shape index (κ1) is 19.0. The Bertz CT molecular complexity index is 787. The van der Waals surface area contributed by atoms with E-state index in [1.54, 1.807) is 6.08 Å². The molecular formula is C20H24N4O3. The van der Waals surface area contributed by atoms with E-state index in [1.807, 2.05) is 37.3 Å². The second-order valence-corrected chi connectivity index (χ2v) is 6.06. The van der Waals surface area contributed by atoms with Gasteiger partial charge in [0, 0.05) is 32.3 Å². The number of nitrogens with one attached hydrogen (secondary N) is 1. The van der Waals surface area contributed by atoms with Crippen LogP contribution in [0.4, 0.5) is 5.88 Å². The van der Waals surface area contributed by atoms with Crippen LogP contribution in [0.2, 0.25) is 0 Å². The number of morpholine rings is 1. The highest BCUT2D eigenvalue weighted by molar-refractivity contribution is 5.67. The van der Waals surface area contributed by atoms with Crippen molar-refractivity contribution in [2.75, 3.05) is 51.3 Å². The first-order valence-corrected chi connectivity index (χ1v) is 9.14. The van der Waals surface area contributed by atoms with Gasteiger partial charge in [0.05, 0.1) is 19.8 Å². The molecule has 1 aromatic carbocycles. The van der Waals surface area contributed by atoms with Gasteiger partial charge in [-0.1, -0.05) is 12.1 Å². The Morgan fingerprint density at radius 3 is 2.74 bits per heavy atom. The van der Waals surface area contributed by atoms with Crippen LogP contribution >= 0.6 is 0 Å². The van der Waals surface area contributed by atoms with E-state index in [1.165, 1.54) is 0 Å². The lowest BCUT2D eigenvalue weighted by Gasteiger charge is -2.26. The molecule has 142 valence electrons. The lowest BCUT2D eigenvalue weighted by Crippen LogP contribution is -2.39. The van der Waals surface area contributed by atoms with Crippen molar-refractivity contribution < 1.29 is 13.9 Å². The predicted octanol–water partition coefficient (Wildman–Crippen LogP) is 2.86. The van der Waals surface area contributed by atoms with Crippen LogP contribution in [-0.4, -0.2) is 55.9 Å². The summed E-state index contributed by atoms with van der Waals surface area (Å²) in [6, 6.07) is 9.81. The van der Waals surface area contributed by atoms with Crippen LogP contribution in [0, 0.1) is 11.3 Å². The van der Waals surface area contributed by atoms with Crippen molar-refractivity contribution in [1.29, 1.82) is 5.26 Å². The summed E-state index contributed by atoms with van der Waals surface area (Å²) in [6.07, 6.45) is 3.64. The number of benzene rings is 1. The zero-order valence-corrected chi connectivity index (χ0v) is 15.5. The second kappa shape index (κ2) is 9.76. The molecule has 0 unspecified atom stereocenters. The third-order valence-electron chi connectivity index (χ3n) is 4.18. The number of anilines is 1. The van der Waals surface area contributed by atoms with Gasteiger partial charge in [-0.05, 0) is 30.7 Å². The molecule has 1 fully saturated rings. The topological polar surface area (TPSA) is 83.5 Å². The summed E-state index contributed by atoms with van der Waals surface area (Å²) < 4.78 is 16.4. The smallest absolute Gasteiger partial charge is 0.232 e. The second-order valence-electron chi connectivity index (χ2n) is 6.06. The van der Waals surface area contributed by atoms with Gasteiger partial charge in [-0.15, -0.1) is 0 Å². The lowest BCUT2D eigenvalue weighted by molar-refractivity contribution is 0.0398. The van der Waals surface area contributed by atoms with Crippen molar-refractivity contribution in [2.45, 2.75) is 6.92 Å². The summed E-state index contributed by atoms with van der Waals surface area (Å²) in [5, 5.41) is 12.4. The first-order valence-electron chi connectivity index (χ1n) is 9.14. The molecule has 1 aliphatic heterocycles. The fourth-order valence-electron chi connectivity index (χ4n) is 2.77. The zero-order valence-electron chi connectivity index (χ0n) is 15.5. The molecule has 0 radical (unpaired) electrons. The molecule has 2 heterocycles. The average Bonchev–Trinajstić information content (AvgIpc) is 3.11. The van der Waals surface area contributed by atoms with Gasteiger partial charge in [0.25, 0.3) is 0 Å². The standard InChI is InChI=1S/C20H24N4O3/c1-2-26-17-6-3-16(4-7-17)5-8-19-23-18(15-21)20(27-19)22-9-10-24-11-13-25-14-12-24/h3-8,22H,2,9-14H2,1H3. The predicted molar refractivity (Wildman–Crippen MR) is 104 cm³/mol. The van der Waals surface area contributed by atoms with Crippen molar-refractivity contribution >= 4 is 18.0 Å². The fraction of sp³-hybridized carbons (Fsp3) is 0.400. The van der Waals surface area contributed by atoms with Crippen LogP contribution in [0.25, 0.3) is 12.2 Å². The number of nitriles is 1. The van der Waals surface area contributed by atoms with Crippen molar-refractivity contribution in [1.82, 2.24) is 9.88 Å². The summed E-state index contributed by atoms with van der Waals surface area (Å²) in [7, 11) is 0.